The number of rotatable bonds is 9. The van der Waals surface area contributed by atoms with Gasteiger partial charge in [-0.3, -0.25) is 14.4 Å². The number of thiazole rings is 1. The van der Waals surface area contributed by atoms with Crippen molar-refractivity contribution in [1.82, 2.24) is 15.2 Å². The number of nitrogens with one attached hydrogen (secondary N) is 2. The van der Waals surface area contributed by atoms with Crippen LogP contribution in [-0.2, 0) is 16.0 Å². The number of anilines is 1. The van der Waals surface area contributed by atoms with E-state index in [1.54, 1.807) is 19.2 Å². The molecule has 3 rings (SSSR count). The fraction of sp³-hybridized carbons (Fsp3) is 0.280. The Morgan fingerprint density at radius 1 is 1.00 bits per heavy atom. The standard InChI is InChI=1S/C25H27FN4O3S/c1-16(2)30(24(33)19-9-11-20(26)12-10-19)14-23(32)29-25-28-21(15-34-25)13-22(31)27-17(3)18-7-5-4-6-8-18/h4-12,15-17H,13-14H2,1-3H3,(H,27,31)(H,28,29,32)/t17-/m1/s1. The van der Waals surface area contributed by atoms with Gasteiger partial charge in [0.15, 0.2) is 5.13 Å². The number of benzene rings is 2. The van der Waals surface area contributed by atoms with Gasteiger partial charge in [0.1, 0.15) is 12.4 Å². The molecule has 7 nitrogen and oxygen atoms in total. The van der Waals surface area contributed by atoms with E-state index in [4.69, 9.17) is 0 Å². The maximum atomic E-state index is 13.2. The van der Waals surface area contributed by atoms with E-state index in [1.807, 2.05) is 37.3 Å². The molecule has 2 aromatic carbocycles. The van der Waals surface area contributed by atoms with Crippen LogP contribution in [0.5, 0.6) is 0 Å². The van der Waals surface area contributed by atoms with Crippen LogP contribution in [0.2, 0.25) is 0 Å². The number of nitrogens with zero attached hydrogens (tertiary/aromatic N) is 2. The molecule has 9 heteroatoms. The minimum Gasteiger partial charge on any atom is -0.349 e. The monoisotopic (exact) mass is 482 g/mol. The average Bonchev–Trinajstić information content (AvgIpc) is 3.24. The second-order valence-corrected chi connectivity index (χ2v) is 8.96. The molecule has 3 amide bonds. The van der Waals surface area contributed by atoms with Gasteiger partial charge in [-0.1, -0.05) is 30.3 Å². The Balaban J connectivity index is 1.55. The van der Waals surface area contributed by atoms with Gasteiger partial charge in [-0.25, -0.2) is 9.37 Å². The van der Waals surface area contributed by atoms with Crippen molar-refractivity contribution in [2.45, 2.75) is 39.3 Å². The second-order valence-electron chi connectivity index (χ2n) is 8.10. The van der Waals surface area contributed by atoms with Crippen molar-refractivity contribution >= 4 is 34.2 Å². The molecule has 0 aliphatic heterocycles. The van der Waals surface area contributed by atoms with Gasteiger partial charge in [0.25, 0.3) is 5.91 Å². The van der Waals surface area contributed by atoms with Crippen molar-refractivity contribution in [2.75, 3.05) is 11.9 Å². The van der Waals surface area contributed by atoms with Gasteiger partial charge < -0.3 is 15.5 Å². The van der Waals surface area contributed by atoms with Crippen LogP contribution in [0.4, 0.5) is 9.52 Å². The van der Waals surface area contributed by atoms with Crippen molar-refractivity contribution in [3.8, 4) is 0 Å². The molecule has 0 aliphatic carbocycles. The summed E-state index contributed by atoms with van der Waals surface area (Å²) in [6.45, 7) is 5.32. The number of hydrogen-bond acceptors (Lipinski definition) is 5. The van der Waals surface area contributed by atoms with Gasteiger partial charge in [0.05, 0.1) is 18.2 Å². The maximum absolute atomic E-state index is 13.2. The number of aromatic nitrogens is 1. The molecule has 1 atom stereocenters. The Morgan fingerprint density at radius 3 is 2.32 bits per heavy atom. The number of amides is 3. The van der Waals surface area contributed by atoms with Crippen LogP contribution in [0, 0.1) is 5.82 Å². The third kappa shape index (κ3) is 6.95. The molecule has 0 fully saturated rings. The largest absolute Gasteiger partial charge is 0.349 e. The number of halogens is 1. The molecule has 1 heterocycles. The van der Waals surface area contributed by atoms with E-state index in [-0.39, 0.29) is 36.9 Å². The lowest BCUT2D eigenvalue weighted by molar-refractivity contribution is -0.121. The van der Waals surface area contributed by atoms with Crippen LogP contribution in [0.15, 0.2) is 60.0 Å². The molecule has 1 aromatic heterocycles. The van der Waals surface area contributed by atoms with Gasteiger partial charge in [0, 0.05) is 17.0 Å². The van der Waals surface area contributed by atoms with Crippen molar-refractivity contribution in [3.63, 3.8) is 0 Å². The van der Waals surface area contributed by atoms with Gasteiger partial charge in [-0.05, 0) is 50.6 Å². The number of hydrogen-bond donors (Lipinski definition) is 2. The van der Waals surface area contributed by atoms with Crippen molar-refractivity contribution in [3.05, 3.63) is 82.6 Å². The van der Waals surface area contributed by atoms with E-state index in [0.29, 0.717) is 16.4 Å². The molecule has 34 heavy (non-hydrogen) atoms. The fourth-order valence-corrected chi connectivity index (χ4v) is 4.01. The van der Waals surface area contributed by atoms with Crippen LogP contribution >= 0.6 is 11.3 Å². The van der Waals surface area contributed by atoms with Crippen LogP contribution < -0.4 is 10.6 Å². The zero-order valence-corrected chi connectivity index (χ0v) is 20.1. The van der Waals surface area contributed by atoms with Gasteiger partial charge >= 0.3 is 0 Å². The second kappa shape index (κ2) is 11.5. The fourth-order valence-electron chi connectivity index (χ4n) is 3.29. The minimum atomic E-state index is -0.437. The third-order valence-electron chi connectivity index (χ3n) is 5.11. The van der Waals surface area contributed by atoms with E-state index < -0.39 is 11.7 Å². The van der Waals surface area contributed by atoms with Gasteiger partial charge in [0.2, 0.25) is 11.8 Å². The van der Waals surface area contributed by atoms with Gasteiger partial charge in [-0.15, -0.1) is 11.3 Å². The molecule has 3 aromatic rings. The highest BCUT2D eigenvalue weighted by Gasteiger charge is 2.22. The highest BCUT2D eigenvalue weighted by molar-refractivity contribution is 7.13. The molecule has 2 N–H and O–H groups in total. The molecule has 0 spiro atoms. The van der Waals surface area contributed by atoms with Crippen LogP contribution in [0.1, 0.15) is 48.4 Å². The first-order valence-electron chi connectivity index (χ1n) is 10.9. The summed E-state index contributed by atoms with van der Waals surface area (Å²) in [5.41, 5.74) is 1.85. The number of carbonyl (C=O) groups is 3. The van der Waals surface area contributed by atoms with Crippen LogP contribution in [-0.4, -0.2) is 40.2 Å². The summed E-state index contributed by atoms with van der Waals surface area (Å²) in [7, 11) is 0. The molecule has 178 valence electrons. The first kappa shape index (κ1) is 25.0. The van der Waals surface area contributed by atoms with E-state index in [1.165, 1.54) is 40.5 Å². The Bertz CT molecular complexity index is 1130. The highest BCUT2D eigenvalue weighted by Crippen LogP contribution is 2.17. The lowest BCUT2D eigenvalue weighted by Crippen LogP contribution is -2.42. The topological polar surface area (TPSA) is 91.4 Å². The summed E-state index contributed by atoms with van der Waals surface area (Å²) in [4.78, 5) is 43.4. The zero-order valence-electron chi connectivity index (χ0n) is 19.2. The maximum Gasteiger partial charge on any atom is 0.254 e. The molecule has 0 radical (unpaired) electrons. The van der Waals surface area contributed by atoms with Crippen LogP contribution in [0.25, 0.3) is 0 Å². The Morgan fingerprint density at radius 2 is 1.68 bits per heavy atom. The quantitative estimate of drug-likeness (QED) is 0.478. The van der Waals surface area contributed by atoms with E-state index >= 15 is 0 Å². The third-order valence-corrected chi connectivity index (χ3v) is 5.91. The summed E-state index contributed by atoms with van der Waals surface area (Å²) < 4.78 is 13.2. The first-order chi connectivity index (χ1) is 16.2. The molecular formula is C25H27FN4O3S. The predicted molar refractivity (Wildman–Crippen MR) is 130 cm³/mol. The summed E-state index contributed by atoms with van der Waals surface area (Å²) in [6, 6.07) is 14.5. The van der Waals surface area contributed by atoms with Gasteiger partial charge in [-0.2, -0.15) is 0 Å². The lowest BCUT2D eigenvalue weighted by atomic mass is 10.1. The summed E-state index contributed by atoms with van der Waals surface area (Å²) in [5.74, 6) is -1.38. The Hall–Kier alpha value is -3.59. The Kier molecular flexibility index (Phi) is 8.48. The highest BCUT2D eigenvalue weighted by atomic mass is 32.1. The van der Waals surface area contributed by atoms with Crippen molar-refractivity contribution < 1.29 is 18.8 Å². The summed E-state index contributed by atoms with van der Waals surface area (Å²) >= 11 is 1.21. The smallest absolute Gasteiger partial charge is 0.254 e. The SMILES string of the molecule is CC(C)N(CC(=O)Nc1nc(CC(=O)N[C@H](C)c2ccccc2)cs1)C(=O)c1ccc(F)cc1. The normalized spacial score (nSPS) is 11.7. The van der Waals surface area contributed by atoms with Crippen LogP contribution in [0.3, 0.4) is 0 Å². The van der Waals surface area contributed by atoms with Crippen molar-refractivity contribution in [2.24, 2.45) is 0 Å². The zero-order chi connectivity index (χ0) is 24.7. The summed E-state index contributed by atoms with van der Waals surface area (Å²) in [5, 5.41) is 7.68. The number of carbonyl (C=O) groups excluding carboxylic acids is 3. The molecule has 0 bridgehead atoms. The predicted octanol–water partition coefficient (Wildman–Crippen LogP) is 4.19. The average molecular weight is 483 g/mol. The van der Waals surface area contributed by atoms with E-state index in [0.717, 1.165) is 5.56 Å². The van der Waals surface area contributed by atoms with E-state index in [9.17, 15) is 18.8 Å². The molecular weight excluding hydrogens is 455 g/mol. The minimum absolute atomic E-state index is 0.0880. The Labute approximate surface area is 202 Å². The lowest BCUT2D eigenvalue weighted by Gasteiger charge is -2.26. The van der Waals surface area contributed by atoms with Crippen molar-refractivity contribution in [1.29, 1.82) is 0 Å². The molecule has 0 saturated heterocycles. The molecule has 0 unspecified atom stereocenters. The van der Waals surface area contributed by atoms with E-state index in [2.05, 4.69) is 15.6 Å². The summed E-state index contributed by atoms with van der Waals surface area (Å²) in [6.07, 6.45) is 0.0880. The first-order valence-corrected chi connectivity index (χ1v) is 11.8. The molecule has 0 aliphatic rings. The molecule has 0 saturated carbocycles.